The molecule has 9 heteroatoms. The summed E-state index contributed by atoms with van der Waals surface area (Å²) in [6.07, 6.45) is 1.13. The molecule has 0 unspecified atom stereocenters. The number of carboxylic acid groups (broad SMARTS) is 1. The van der Waals surface area contributed by atoms with Gasteiger partial charge in [-0.2, -0.15) is 5.10 Å². The van der Waals surface area contributed by atoms with E-state index in [2.05, 4.69) is 15.5 Å². The topological polar surface area (TPSA) is 112 Å². The normalized spacial score (nSPS) is 17.5. The first-order chi connectivity index (χ1) is 14.0. The third-order valence-electron chi connectivity index (χ3n) is 3.91. The van der Waals surface area contributed by atoms with Crippen molar-refractivity contribution in [1.29, 1.82) is 0 Å². The zero-order valence-corrected chi connectivity index (χ0v) is 16.3. The first-order valence-electron chi connectivity index (χ1n) is 8.68. The minimum Gasteiger partial charge on any atom is -0.550 e. The smallest absolute Gasteiger partial charge is 0.239 e. The maximum Gasteiger partial charge on any atom is 0.239 e. The van der Waals surface area contributed by atoms with Gasteiger partial charge in [0.05, 0.1) is 18.6 Å². The summed E-state index contributed by atoms with van der Waals surface area (Å²) in [7, 11) is 1.56. The van der Waals surface area contributed by atoms with Crippen LogP contribution in [0, 0.1) is 0 Å². The summed E-state index contributed by atoms with van der Waals surface area (Å²) in [5, 5.41) is 20.5. The standard InChI is InChI=1S/C20H19N3O5S/c1-27-15-8-7-14(9-16(15)28-12-13-5-3-2-4-6-13)11-21-23-20-22-19(26)17(29-20)10-18(24)25/h2-9,11,17H,10,12H2,1H3,(H,24,25)(H,22,23,26)/p-1/b21-11-/t17-/m1/s1. The zero-order chi connectivity index (χ0) is 20.6. The van der Waals surface area contributed by atoms with Gasteiger partial charge in [0, 0.05) is 12.4 Å². The van der Waals surface area contributed by atoms with Gasteiger partial charge in [-0.15, -0.1) is 5.10 Å². The number of benzene rings is 2. The van der Waals surface area contributed by atoms with Crippen LogP contribution in [0.4, 0.5) is 0 Å². The van der Waals surface area contributed by atoms with Crippen molar-refractivity contribution in [3.05, 3.63) is 59.7 Å². The van der Waals surface area contributed by atoms with Gasteiger partial charge in [-0.1, -0.05) is 42.1 Å². The molecular weight excluding hydrogens is 394 g/mol. The van der Waals surface area contributed by atoms with Crippen molar-refractivity contribution in [2.75, 3.05) is 7.11 Å². The van der Waals surface area contributed by atoms with Crippen molar-refractivity contribution < 1.29 is 24.2 Å². The molecule has 3 rings (SSSR count). The van der Waals surface area contributed by atoms with Gasteiger partial charge in [0.2, 0.25) is 5.91 Å². The molecule has 1 N–H and O–H groups in total. The second-order valence-corrected chi connectivity index (χ2v) is 7.20. The molecule has 0 bridgehead atoms. The van der Waals surface area contributed by atoms with Gasteiger partial charge in [0.25, 0.3) is 0 Å². The van der Waals surface area contributed by atoms with Gasteiger partial charge in [0.1, 0.15) is 6.61 Å². The highest BCUT2D eigenvalue weighted by molar-refractivity contribution is 8.15. The Morgan fingerprint density at radius 2 is 2.03 bits per heavy atom. The van der Waals surface area contributed by atoms with Gasteiger partial charge in [-0.05, 0) is 29.3 Å². The minimum absolute atomic E-state index is 0.242. The van der Waals surface area contributed by atoms with Crippen LogP contribution in [0.1, 0.15) is 17.5 Å². The molecule has 8 nitrogen and oxygen atoms in total. The van der Waals surface area contributed by atoms with E-state index in [1.54, 1.807) is 25.3 Å². The fraction of sp³-hybridized carbons (Fsp3) is 0.200. The molecule has 1 atom stereocenters. The van der Waals surface area contributed by atoms with Crippen molar-refractivity contribution >= 4 is 35.0 Å². The van der Waals surface area contributed by atoms with Crippen LogP contribution in [-0.2, 0) is 16.2 Å². The molecular formula is C20H18N3O5S-. The first kappa shape index (κ1) is 20.4. The number of carboxylic acids is 1. The van der Waals surface area contributed by atoms with Crippen LogP contribution >= 0.6 is 11.8 Å². The molecule has 150 valence electrons. The summed E-state index contributed by atoms with van der Waals surface area (Å²) < 4.78 is 11.2. The van der Waals surface area contributed by atoms with Crippen LogP contribution in [0.5, 0.6) is 11.5 Å². The number of methoxy groups -OCH3 is 1. The summed E-state index contributed by atoms with van der Waals surface area (Å²) in [4.78, 5) is 22.3. The number of carbonyl (C=O) groups excluding carboxylic acids is 2. The SMILES string of the molecule is COc1ccc(/C=N\N=C2\NC(=O)[C@@H](CC(=O)[O-])S2)cc1OCc1ccccc1. The first-order valence-corrected chi connectivity index (χ1v) is 9.56. The zero-order valence-electron chi connectivity index (χ0n) is 15.5. The maximum atomic E-state index is 11.7. The number of ether oxygens (including phenoxy) is 2. The number of amides is 1. The monoisotopic (exact) mass is 412 g/mol. The largest absolute Gasteiger partial charge is 0.550 e. The highest BCUT2D eigenvalue weighted by Gasteiger charge is 2.30. The number of hydrogen-bond donors (Lipinski definition) is 1. The number of amidine groups is 1. The maximum absolute atomic E-state index is 11.7. The molecule has 29 heavy (non-hydrogen) atoms. The van der Waals surface area contributed by atoms with Crippen molar-refractivity contribution in [3.63, 3.8) is 0 Å². The predicted molar refractivity (Wildman–Crippen MR) is 108 cm³/mol. The Hall–Kier alpha value is -3.33. The van der Waals surface area contributed by atoms with Crippen molar-refractivity contribution in [2.45, 2.75) is 18.3 Å². The van der Waals surface area contributed by atoms with E-state index >= 15 is 0 Å². The third kappa shape index (κ3) is 5.82. The van der Waals surface area contributed by atoms with Crippen molar-refractivity contribution in [1.82, 2.24) is 5.32 Å². The molecule has 1 aliphatic heterocycles. The molecule has 0 radical (unpaired) electrons. The van der Waals surface area contributed by atoms with Crippen LogP contribution in [0.2, 0.25) is 0 Å². The van der Waals surface area contributed by atoms with Crippen molar-refractivity contribution in [3.8, 4) is 11.5 Å². The lowest BCUT2D eigenvalue weighted by Crippen LogP contribution is -2.31. The molecule has 1 saturated heterocycles. The van der Waals surface area contributed by atoms with Crippen LogP contribution in [-0.4, -0.2) is 35.6 Å². The van der Waals surface area contributed by atoms with Crippen LogP contribution < -0.4 is 19.9 Å². The molecule has 1 heterocycles. The quantitative estimate of drug-likeness (QED) is 0.517. The second-order valence-electron chi connectivity index (χ2n) is 6.01. The third-order valence-corrected chi connectivity index (χ3v) is 4.98. The van der Waals surface area contributed by atoms with Gasteiger partial charge >= 0.3 is 0 Å². The number of thioether (sulfide) groups is 1. The highest BCUT2D eigenvalue weighted by atomic mass is 32.2. The summed E-state index contributed by atoms with van der Waals surface area (Å²) in [6, 6.07) is 15.1. The number of aliphatic carboxylic acids is 1. The van der Waals surface area contributed by atoms with Crippen LogP contribution in [0.15, 0.2) is 58.7 Å². The van der Waals surface area contributed by atoms with Gasteiger partial charge in [-0.3, -0.25) is 4.79 Å². The lowest BCUT2D eigenvalue weighted by atomic mass is 10.2. The van der Waals surface area contributed by atoms with E-state index in [0.717, 1.165) is 22.9 Å². The molecule has 0 aromatic heterocycles. The van der Waals surface area contributed by atoms with Gasteiger partial charge < -0.3 is 24.7 Å². The van der Waals surface area contributed by atoms with Gasteiger partial charge in [-0.25, -0.2) is 0 Å². The minimum atomic E-state index is -1.29. The number of rotatable bonds is 8. The molecule has 2 aromatic rings. The summed E-state index contributed by atoms with van der Waals surface area (Å²) >= 11 is 1.01. The van der Waals surface area contributed by atoms with E-state index < -0.39 is 17.1 Å². The molecule has 1 fully saturated rings. The second kappa shape index (κ2) is 9.74. The van der Waals surface area contributed by atoms with E-state index in [9.17, 15) is 14.7 Å². The molecule has 0 spiro atoms. The van der Waals surface area contributed by atoms with Gasteiger partial charge in [0.15, 0.2) is 16.7 Å². The number of nitrogens with zero attached hydrogens (tertiary/aromatic N) is 2. The van der Waals surface area contributed by atoms with E-state index in [1.807, 2.05) is 30.3 Å². The highest BCUT2D eigenvalue weighted by Crippen LogP contribution is 2.28. The average molecular weight is 412 g/mol. The number of carbonyl (C=O) groups is 2. The van der Waals surface area contributed by atoms with Crippen molar-refractivity contribution in [2.24, 2.45) is 10.2 Å². The fourth-order valence-electron chi connectivity index (χ4n) is 2.51. The lowest BCUT2D eigenvalue weighted by molar-refractivity contribution is -0.305. The molecule has 0 aliphatic carbocycles. The Bertz CT molecular complexity index is 946. The van der Waals surface area contributed by atoms with E-state index in [-0.39, 0.29) is 11.6 Å². The Morgan fingerprint density at radius 3 is 2.76 bits per heavy atom. The van der Waals surface area contributed by atoms with E-state index in [4.69, 9.17) is 9.47 Å². The van der Waals surface area contributed by atoms with E-state index in [0.29, 0.717) is 18.1 Å². The Balaban J connectivity index is 1.66. The predicted octanol–water partition coefficient (Wildman–Crippen LogP) is 1.34. The average Bonchev–Trinajstić information content (AvgIpc) is 3.05. The number of hydrogen-bond acceptors (Lipinski definition) is 8. The fourth-order valence-corrected chi connectivity index (χ4v) is 3.42. The van der Waals surface area contributed by atoms with Crippen LogP contribution in [0.3, 0.4) is 0 Å². The number of nitrogens with one attached hydrogen (secondary N) is 1. The summed E-state index contributed by atoms with van der Waals surface area (Å²) in [6.45, 7) is 0.391. The molecule has 2 aromatic carbocycles. The Kier molecular flexibility index (Phi) is 6.85. The Morgan fingerprint density at radius 1 is 1.24 bits per heavy atom. The van der Waals surface area contributed by atoms with E-state index in [1.165, 1.54) is 6.21 Å². The molecule has 0 saturated carbocycles. The van der Waals surface area contributed by atoms with Crippen LogP contribution in [0.25, 0.3) is 0 Å². The Labute approximate surface area is 171 Å². The summed E-state index contributed by atoms with van der Waals surface area (Å²) in [5.74, 6) is -0.559. The molecule has 1 aliphatic rings. The summed E-state index contributed by atoms with van der Waals surface area (Å²) in [5.41, 5.74) is 1.75. The molecule has 1 amide bonds. The lowest BCUT2D eigenvalue weighted by Gasteiger charge is -2.11.